The Labute approximate surface area is 82.9 Å². The van der Waals surface area contributed by atoms with E-state index in [1.54, 1.807) is 0 Å². The summed E-state index contributed by atoms with van der Waals surface area (Å²) in [5.41, 5.74) is 5.84. The average Bonchev–Trinajstić information content (AvgIpc) is 2.59. The van der Waals surface area contributed by atoms with Crippen molar-refractivity contribution < 1.29 is 9.47 Å². The van der Waals surface area contributed by atoms with E-state index in [2.05, 4.69) is 12.2 Å². The standard InChI is InChI=1S/C12H12O2/c1-2-13-12-10(14-12)6-9-7-3-4-8(5-7)11(9)12/h3-4,10H,2,5-6H2,1H3. The van der Waals surface area contributed by atoms with Crippen molar-refractivity contribution in [1.82, 2.24) is 0 Å². The first-order valence-corrected chi connectivity index (χ1v) is 5.31. The van der Waals surface area contributed by atoms with Gasteiger partial charge in [-0.05, 0) is 30.1 Å². The number of hydrogen-bond donors (Lipinski definition) is 0. The maximum absolute atomic E-state index is 5.78. The minimum atomic E-state index is -0.314. The molecule has 3 aliphatic carbocycles. The smallest absolute Gasteiger partial charge is 0.223 e. The summed E-state index contributed by atoms with van der Waals surface area (Å²) < 4.78 is 11.5. The van der Waals surface area contributed by atoms with Crippen molar-refractivity contribution in [1.29, 1.82) is 0 Å². The lowest BCUT2D eigenvalue weighted by molar-refractivity contribution is -0.00735. The van der Waals surface area contributed by atoms with Crippen molar-refractivity contribution in [3.8, 4) is 0 Å². The summed E-state index contributed by atoms with van der Waals surface area (Å²) in [4.78, 5) is 0. The van der Waals surface area contributed by atoms with Gasteiger partial charge in [0, 0.05) is 18.6 Å². The van der Waals surface area contributed by atoms with Crippen molar-refractivity contribution in [2.24, 2.45) is 0 Å². The molecule has 1 aliphatic heterocycles. The van der Waals surface area contributed by atoms with E-state index >= 15 is 0 Å². The molecule has 2 heteroatoms. The first-order valence-electron chi connectivity index (χ1n) is 5.31. The fourth-order valence-electron chi connectivity index (χ4n) is 3.10. The van der Waals surface area contributed by atoms with Gasteiger partial charge >= 0.3 is 0 Å². The Morgan fingerprint density at radius 3 is 3.21 bits per heavy atom. The second-order valence-corrected chi connectivity index (χ2v) is 4.33. The highest BCUT2D eigenvalue weighted by atomic mass is 16.8. The van der Waals surface area contributed by atoms with Gasteiger partial charge in [-0.3, -0.25) is 0 Å². The Kier molecular flexibility index (Phi) is 1.09. The molecule has 2 nitrogen and oxygen atoms in total. The monoisotopic (exact) mass is 188 g/mol. The van der Waals surface area contributed by atoms with Crippen LogP contribution in [0, 0.1) is 0 Å². The quantitative estimate of drug-likeness (QED) is 0.619. The SMILES string of the molecule is CCOC12OC1CC1=C3C=CC(=C12)C3. The lowest BCUT2D eigenvalue weighted by atomic mass is 10.0. The zero-order valence-electron chi connectivity index (χ0n) is 8.17. The summed E-state index contributed by atoms with van der Waals surface area (Å²) in [6.07, 6.45) is 6.98. The third kappa shape index (κ3) is 0.615. The molecule has 0 spiro atoms. The lowest BCUT2D eigenvalue weighted by Gasteiger charge is -2.14. The molecule has 2 unspecified atom stereocenters. The van der Waals surface area contributed by atoms with Crippen LogP contribution >= 0.6 is 0 Å². The zero-order valence-corrected chi connectivity index (χ0v) is 8.17. The van der Waals surface area contributed by atoms with E-state index in [0.29, 0.717) is 6.10 Å². The summed E-state index contributed by atoms with van der Waals surface area (Å²) in [7, 11) is 0. The van der Waals surface area contributed by atoms with E-state index in [1.807, 2.05) is 6.92 Å². The van der Waals surface area contributed by atoms with Crippen LogP contribution in [0.5, 0.6) is 0 Å². The molecule has 0 radical (unpaired) electrons. The maximum atomic E-state index is 5.78. The summed E-state index contributed by atoms with van der Waals surface area (Å²) in [5.74, 6) is -0.314. The van der Waals surface area contributed by atoms with Crippen molar-refractivity contribution in [3.05, 3.63) is 34.4 Å². The molecule has 72 valence electrons. The first kappa shape index (κ1) is 7.43. The maximum Gasteiger partial charge on any atom is 0.223 e. The van der Waals surface area contributed by atoms with Crippen LogP contribution in [0.4, 0.5) is 0 Å². The van der Waals surface area contributed by atoms with E-state index in [9.17, 15) is 0 Å². The summed E-state index contributed by atoms with van der Waals surface area (Å²) in [6.45, 7) is 2.77. The van der Waals surface area contributed by atoms with Crippen LogP contribution in [0.1, 0.15) is 19.8 Å². The predicted molar refractivity (Wildman–Crippen MR) is 51.7 cm³/mol. The molecule has 2 bridgehead atoms. The lowest BCUT2D eigenvalue weighted by Crippen LogP contribution is -2.19. The van der Waals surface area contributed by atoms with Gasteiger partial charge in [-0.1, -0.05) is 12.2 Å². The van der Waals surface area contributed by atoms with E-state index in [1.165, 1.54) is 22.3 Å². The fraction of sp³-hybridized carbons (Fsp3) is 0.500. The van der Waals surface area contributed by atoms with Gasteiger partial charge in [0.15, 0.2) is 0 Å². The van der Waals surface area contributed by atoms with Gasteiger partial charge < -0.3 is 9.47 Å². The Morgan fingerprint density at radius 1 is 1.50 bits per heavy atom. The molecular weight excluding hydrogens is 176 g/mol. The van der Waals surface area contributed by atoms with Gasteiger partial charge in [0.05, 0.1) is 0 Å². The van der Waals surface area contributed by atoms with Crippen LogP contribution in [0.25, 0.3) is 0 Å². The minimum absolute atomic E-state index is 0.314. The summed E-state index contributed by atoms with van der Waals surface area (Å²) in [5, 5.41) is 0. The Bertz CT molecular complexity index is 428. The number of ether oxygens (including phenoxy) is 2. The van der Waals surface area contributed by atoms with Crippen LogP contribution in [-0.4, -0.2) is 18.5 Å². The molecule has 4 aliphatic rings. The van der Waals surface area contributed by atoms with Crippen molar-refractivity contribution >= 4 is 0 Å². The molecule has 0 aromatic heterocycles. The van der Waals surface area contributed by atoms with E-state index in [-0.39, 0.29) is 5.79 Å². The van der Waals surface area contributed by atoms with Crippen LogP contribution in [0.2, 0.25) is 0 Å². The highest BCUT2D eigenvalue weighted by Crippen LogP contribution is 2.62. The van der Waals surface area contributed by atoms with E-state index in [0.717, 1.165) is 19.4 Å². The Morgan fingerprint density at radius 2 is 2.36 bits per heavy atom. The highest BCUT2D eigenvalue weighted by Gasteiger charge is 2.68. The van der Waals surface area contributed by atoms with Crippen LogP contribution in [0.3, 0.4) is 0 Å². The molecule has 1 heterocycles. The first-order chi connectivity index (χ1) is 6.85. The molecule has 0 aromatic rings. The third-order valence-electron chi connectivity index (χ3n) is 3.66. The van der Waals surface area contributed by atoms with Gasteiger partial charge in [-0.2, -0.15) is 0 Å². The van der Waals surface area contributed by atoms with E-state index in [4.69, 9.17) is 9.47 Å². The molecule has 0 N–H and O–H groups in total. The topological polar surface area (TPSA) is 21.8 Å². The molecule has 1 saturated carbocycles. The molecule has 2 fully saturated rings. The number of hydrogen-bond acceptors (Lipinski definition) is 2. The van der Waals surface area contributed by atoms with Crippen LogP contribution in [0.15, 0.2) is 34.4 Å². The van der Waals surface area contributed by atoms with Crippen molar-refractivity contribution in [2.75, 3.05) is 6.61 Å². The molecule has 0 amide bonds. The summed E-state index contributed by atoms with van der Waals surface area (Å²) >= 11 is 0. The predicted octanol–water partition coefficient (Wildman–Crippen LogP) is 2.09. The number of allylic oxidation sites excluding steroid dienone is 4. The second kappa shape index (κ2) is 2.05. The van der Waals surface area contributed by atoms with Crippen molar-refractivity contribution in [3.63, 3.8) is 0 Å². The largest absolute Gasteiger partial charge is 0.344 e. The molecular formula is C12H12O2. The van der Waals surface area contributed by atoms with Crippen molar-refractivity contribution in [2.45, 2.75) is 31.7 Å². The number of fused-ring (bicyclic) bond motifs is 5. The van der Waals surface area contributed by atoms with Gasteiger partial charge in [0.1, 0.15) is 6.10 Å². The molecule has 4 rings (SSSR count). The van der Waals surface area contributed by atoms with E-state index < -0.39 is 0 Å². The third-order valence-corrected chi connectivity index (χ3v) is 3.66. The fourth-order valence-corrected chi connectivity index (χ4v) is 3.10. The van der Waals surface area contributed by atoms with Gasteiger partial charge in [-0.25, -0.2) is 0 Å². The average molecular weight is 188 g/mol. The van der Waals surface area contributed by atoms with Crippen LogP contribution in [-0.2, 0) is 9.47 Å². The number of epoxide rings is 1. The molecule has 1 saturated heterocycles. The minimum Gasteiger partial charge on any atom is -0.344 e. The molecule has 14 heavy (non-hydrogen) atoms. The second-order valence-electron chi connectivity index (χ2n) is 4.33. The van der Waals surface area contributed by atoms with Crippen LogP contribution < -0.4 is 0 Å². The highest BCUT2D eigenvalue weighted by molar-refractivity contribution is 5.67. The Balaban J connectivity index is 1.88. The zero-order chi connectivity index (χ0) is 9.34. The van der Waals surface area contributed by atoms with Gasteiger partial charge in [0.2, 0.25) is 5.79 Å². The van der Waals surface area contributed by atoms with Gasteiger partial charge in [-0.15, -0.1) is 0 Å². The van der Waals surface area contributed by atoms with Gasteiger partial charge in [0.25, 0.3) is 0 Å². The Hall–Kier alpha value is -0.860. The molecule has 0 aromatic carbocycles. The number of rotatable bonds is 2. The summed E-state index contributed by atoms with van der Waals surface area (Å²) in [6, 6.07) is 0. The normalized spacial score (nSPS) is 41.1. The molecule has 2 atom stereocenters.